The molecule has 2 rings (SSSR count). The fraction of sp³-hybridized carbons (Fsp3) is 0.357. The molecule has 0 radical (unpaired) electrons. The third-order valence-electron chi connectivity index (χ3n) is 2.82. The minimum absolute atomic E-state index is 0.453. The summed E-state index contributed by atoms with van der Waals surface area (Å²) < 4.78 is 8.55. The van der Waals surface area contributed by atoms with Crippen molar-refractivity contribution in [2.45, 2.75) is 26.3 Å². The topological polar surface area (TPSA) is 29.9 Å². The van der Waals surface area contributed by atoms with Crippen molar-refractivity contribution in [3.63, 3.8) is 0 Å². The first-order chi connectivity index (χ1) is 8.68. The molecule has 1 aromatic carbocycles. The molecule has 1 heterocycles. The van der Waals surface area contributed by atoms with E-state index in [-0.39, 0.29) is 0 Å². The van der Waals surface area contributed by atoms with Gasteiger partial charge in [-0.25, -0.2) is 0 Å². The van der Waals surface area contributed by atoms with Gasteiger partial charge in [-0.05, 0) is 30.3 Å². The van der Waals surface area contributed by atoms with E-state index >= 15 is 0 Å². The van der Waals surface area contributed by atoms with Gasteiger partial charge in [0.1, 0.15) is 12.4 Å². The van der Waals surface area contributed by atoms with E-state index in [4.69, 9.17) is 17.0 Å². The molecule has 18 heavy (non-hydrogen) atoms. The number of rotatable bonds is 5. The van der Waals surface area contributed by atoms with E-state index in [1.807, 2.05) is 36.5 Å². The monoisotopic (exact) mass is 262 g/mol. The highest BCUT2D eigenvalue weighted by Crippen LogP contribution is 2.15. The van der Waals surface area contributed by atoms with Gasteiger partial charge in [-0.3, -0.25) is 0 Å². The third kappa shape index (κ3) is 3.01. The zero-order chi connectivity index (χ0) is 13.0. The highest BCUT2D eigenvalue weighted by molar-refractivity contribution is 7.71. The van der Waals surface area contributed by atoms with Crippen LogP contribution >= 0.6 is 12.2 Å². The number of aromatic amines is 1. The molecule has 0 atom stereocenters. The number of nitrogens with zero attached hydrogens (tertiary/aromatic N) is 1. The summed E-state index contributed by atoms with van der Waals surface area (Å²) >= 11 is 5.27. The number of H-pyrrole nitrogens is 1. The van der Waals surface area contributed by atoms with Gasteiger partial charge >= 0.3 is 0 Å². The second-order valence-electron chi connectivity index (χ2n) is 4.49. The lowest BCUT2D eigenvalue weighted by molar-refractivity contribution is 0.295. The molecule has 0 saturated carbocycles. The Bertz CT molecular complexity index is 542. The van der Waals surface area contributed by atoms with E-state index in [0.29, 0.717) is 12.5 Å². The number of benzene rings is 1. The van der Waals surface area contributed by atoms with Crippen LogP contribution in [0.1, 0.15) is 25.5 Å². The molecule has 0 amide bonds. The van der Waals surface area contributed by atoms with Crippen LogP contribution in [0.25, 0.3) is 0 Å². The molecule has 0 aliphatic heterocycles. The second kappa shape index (κ2) is 5.87. The first-order valence-corrected chi connectivity index (χ1v) is 6.55. The van der Waals surface area contributed by atoms with Crippen molar-refractivity contribution in [1.29, 1.82) is 0 Å². The quantitative estimate of drug-likeness (QED) is 0.832. The van der Waals surface area contributed by atoms with Crippen LogP contribution < -0.4 is 4.74 Å². The Kier molecular flexibility index (Phi) is 4.20. The minimum atomic E-state index is 0.453. The molecule has 0 spiro atoms. The van der Waals surface area contributed by atoms with Gasteiger partial charge in [0.05, 0.1) is 6.54 Å². The second-order valence-corrected chi connectivity index (χ2v) is 4.87. The lowest BCUT2D eigenvalue weighted by Crippen LogP contribution is -2.11. The molecule has 4 heteroatoms. The van der Waals surface area contributed by atoms with Gasteiger partial charge in [0, 0.05) is 11.9 Å². The molecule has 96 valence electrons. The first kappa shape index (κ1) is 12.9. The van der Waals surface area contributed by atoms with Crippen molar-refractivity contribution in [2.75, 3.05) is 6.61 Å². The molecule has 0 unspecified atom stereocenters. The third-order valence-corrected chi connectivity index (χ3v) is 3.16. The predicted molar refractivity (Wildman–Crippen MR) is 75.6 cm³/mol. The summed E-state index contributed by atoms with van der Waals surface area (Å²) in [5.41, 5.74) is 1.22. The number of imidazole rings is 1. The van der Waals surface area contributed by atoms with E-state index in [2.05, 4.69) is 23.4 Å². The minimum Gasteiger partial charge on any atom is -0.492 e. The maximum absolute atomic E-state index is 5.69. The van der Waals surface area contributed by atoms with Crippen LogP contribution in [0.5, 0.6) is 5.75 Å². The number of nitrogens with one attached hydrogen (secondary N) is 1. The van der Waals surface area contributed by atoms with Crippen LogP contribution in [0.15, 0.2) is 36.5 Å². The van der Waals surface area contributed by atoms with Crippen molar-refractivity contribution in [2.24, 2.45) is 0 Å². The standard InChI is InChI=1S/C14H18N2OS/c1-11(2)13-10-15-14(18)16(13)8-9-17-12-6-4-3-5-7-12/h3-7,10-11H,8-9H2,1-2H3,(H,15,18). The summed E-state index contributed by atoms with van der Waals surface area (Å²) in [6, 6.07) is 9.83. The Morgan fingerprint density at radius 3 is 2.67 bits per heavy atom. The van der Waals surface area contributed by atoms with Crippen LogP contribution in [-0.2, 0) is 6.54 Å². The van der Waals surface area contributed by atoms with Gasteiger partial charge in [-0.1, -0.05) is 32.0 Å². The Morgan fingerprint density at radius 1 is 1.28 bits per heavy atom. The Hall–Kier alpha value is -1.55. The molecule has 0 saturated heterocycles. The highest BCUT2D eigenvalue weighted by atomic mass is 32.1. The van der Waals surface area contributed by atoms with Gasteiger partial charge < -0.3 is 14.3 Å². The fourth-order valence-corrected chi connectivity index (χ4v) is 2.14. The Balaban J connectivity index is 1.98. The summed E-state index contributed by atoms with van der Waals surface area (Å²) in [5, 5.41) is 0. The fourth-order valence-electron chi connectivity index (χ4n) is 1.89. The molecule has 3 nitrogen and oxygen atoms in total. The summed E-state index contributed by atoms with van der Waals surface area (Å²) in [6.45, 7) is 5.71. The normalized spacial score (nSPS) is 10.8. The van der Waals surface area contributed by atoms with E-state index in [0.717, 1.165) is 17.1 Å². The summed E-state index contributed by atoms with van der Waals surface area (Å²) in [7, 11) is 0. The first-order valence-electron chi connectivity index (χ1n) is 6.14. The van der Waals surface area contributed by atoms with Crippen LogP contribution in [0.4, 0.5) is 0 Å². The number of hydrogen-bond donors (Lipinski definition) is 1. The smallest absolute Gasteiger partial charge is 0.177 e. The molecule has 1 aromatic heterocycles. The predicted octanol–water partition coefficient (Wildman–Crippen LogP) is 3.75. The largest absolute Gasteiger partial charge is 0.492 e. The van der Waals surface area contributed by atoms with Gasteiger partial charge in [0.15, 0.2) is 4.77 Å². The van der Waals surface area contributed by atoms with Crippen molar-refractivity contribution in [1.82, 2.24) is 9.55 Å². The van der Waals surface area contributed by atoms with Crippen molar-refractivity contribution >= 4 is 12.2 Å². The molecule has 0 aliphatic carbocycles. The number of para-hydroxylation sites is 1. The highest BCUT2D eigenvalue weighted by Gasteiger charge is 2.07. The lowest BCUT2D eigenvalue weighted by Gasteiger charge is -2.11. The van der Waals surface area contributed by atoms with Crippen LogP contribution in [0.2, 0.25) is 0 Å². The lowest BCUT2D eigenvalue weighted by atomic mass is 10.1. The van der Waals surface area contributed by atoms with E-state index < -0.39 is 0 Å². The molecule has 2 aromatic rings. The Morgan fingerprint density at radius 2 is 2.00 bits per heavy atom. The molecule has 0 fully saturated rings. The average Bonchev–Trinajstić information content (AvgIpc) is 2.73. The SMILES string of the molecule is CC(C)c1c[nH]c(=S)n1CCOc1ccccc1. The summed E-state index contributed by atoms with van der Waals surface area (Å²) in [4.78, 5) is 3.09. The molecular formula is C14H18N2OS. The summed E-state index contributed by atoms with van der Waals surface area (Å²) in [5.74, 6) is 1.35. The average molecular weight is 262 g/mol. The van der Waals surface area contributed by atoms with Crippen molar-refractivity contribution in [3.05, 3.63) is 47.0 Å². The molecule has 0 aliphatic rings. The van der Waals surface area contributed by atoms with Gasteiger partial charge in [0.25, 0.3) is 0 Å². The molecule has 1 N–H and O–H groups in total. The zero-order valence-electron chi connectivity index (χ0n) is 10.7. The Labute approximate surface area is 112 Å². The van der Waals surface area contributed by atoms with Crippen LogP contribution in [-0.4, -0.2) is 16.2 Å². The molecular weight excluding hydrogens is 244 g/mol. The number of hydrogen-bond acceptors (Lipinski definition) is 2. The maximum atomic E-state index is 5.69. The van der Waals surface area contributed by atoms with E-state index in [1.165, 1.54) is 5.69 Å². The van der Waals surface area contributed by atoms with Crippen LogP contribution in [0, 0.1) is 4.77 Å². The summed E-state index contributed by atoms with van der Waals surface area (Å²) in [6.07, 6.45) is 1.98. The van der Waals surface area contributed by atoms with E-state index in [1.54, 1.807) is 0 Å². The van der Waals surface area contributed by atoms with E-state index in [9.17, 15) is 0 Å². The van der Waals surface area contributed by atoms with Crippen molar-refractivity contribution in [3.8, 4) is 5.75 Å². The van der Waals surface area contributed by atoms with Crippen molar-refractivity contribution < 1.29 is 4.74 Å². The van der Waals surface area contributed by atoms with Gasteiger partial charge in [-0.2, -0.15) is 0 Å². The number of aromatic nitrogens is 2. The van der Waals surface area contributed by atoms with Gasteiger partial charge in [-0.15, -0.1) is 0 Å². The van der Waals surface area contributed by atoms with Crippen LogP contribution in [0.3, 0.4) is 0 Å². The number of ether oxygens (including phenoxy) is 1. The molecule has 0 bridgehead atoms. The maximum Gasteiger partial charge on any atom is 0.177 e. The van der Waals surface area contributed by atoms with Gasteiger partial charge in [0.2, 0.25) is 0 Å². The zero-order valence-corrected chi connectivity index (χ0v) is 11.5.